The fourth-order valence-electron chi connectivity index (χ4n) is 2.50. The summed E-state index contributed by atoms with van der Waals surface area (Å²) in [5.74, 6) is 0.109. The molecule has 1 aliphatic heterocycles. The Kier molecular flexibility index (Phi) is 3.86. The highest BCUT2D eigenvalue weighted by Crippen LogP contribution is 2.22. The maximum Gasteiger partial charge on any atom is 0.259 e. The van der Waals surface area contributed by atoms with Gasteiger partial charge in [0.1, 0.15) is 5.56 Å². The standard InChI is InChI=1S/C12H20N4O2/c1-8-10(11(13)15-14-8)12(18)16-6-4-2-3-5-9(16)7-17/h9,17H,2-7H2,1H3,(H3,13,14,15). The van der Waals surface area contributed by atoms with Crippen LogP contribution in [0.5, 0.6) is 0 Å². The third-order valence-electron chi connectivity index (χ3n) is 3.54. The molecule has 6 nitrogen and oxygen atoms in total. The molecular formula is C12H20N4O2. The number of anilines is 1. The van der Waals surface area contributed by atoms with Crippen molar-refractivity contribution in [3.63, 3.8) is 0 Å². The number of nitrogens with one attached hydrogen (secondary N) is 1. The molecule has 0 saturated carbocycles. The van der Waals surface area contributed by atoms with Gasteiger partial charge in [-0.1, -0.05) is 12.8 Å². The third kappa shape index (κ3) is 2.33. The number of aliphatic hydroxyl groups is 1. The van der Waals surface area contributed by atoms with Gasteiger partial charge in [0.25, 0.3) is 5.91 Å². The number of aryl methyl sites for hydroxylation is 1. The maximum absolute atomic E-state index is 12.5. The van der Waals surface area contributed by atoms with E-state index in [-0.39, 0.29) is 24.4 Å². The quantitative estimate of drug-likeness (QED) is 0.721. The molecule has 1 unspecified atom stereocenters. The fourth-order valence-corrected chi connectivity index (χ4v) is 2.50. The van der Waals surface area contributed by atoms with Crippen molar-refractivity contribution in [2.24, 2.45) is 0 Å². The van der Waals surface area contributed by atoms with Gasteiger partial charge in [-0.15, -0.1) is 0 Å². The highest BCUT2D eigenvalue weighted by Gasteiger charge is 2.28. The topological polar surface area (TPSA) is 95.2 Å². The Morgan fingerprint density at radius 3 is 2.94 bits per heavy atom. The highest BCUT2D eigenvalue weighted by atomic mass is 16.3. The molecule has 0 aromatic carbocycles. The predicted molar refractivity (Wildman–Crippen MR) is 68.1 cm³/mol. The van der Waals surface area contributed by atoms with Gasteiger partial charge in [0.2, 0.25) is 0 Å². The Bertz CT molecular complexity index is 410. The first-order chi connectivity index (χ1) is 8.65. The molecule has 1 aliphatic rings. The van der Waals surface area contributed by atoms with Gasteiger partial charge in [-0.3, -0.25) is 9.89 Å². The zero-order valence-electron chi connectivity index (χ0n) is 10.6. The van der Waals surface area contributed by atoms with E-state index in [1.165, 1.54) is 0 Å². The van der Waals surface area contributed by atoms with Gasteiger partial charge >= 0.3 is 0 Å². The smallest absolute Gasteiger partial charge is 0.259 e. The molecule has 18 heavy (non-hydrogen) atoms. The number of nitrogens with zero attached hydrogens (tertiary/aromatic N) is 2. The van der Waals surface area contributed by atoms with Gasteiger partial charge in [-0.25, -0.2) is 0 Å². The van der Waals surface area contributed by atoms with Crippen LogP contribution in [-0.4, -0.2) is 45.3 Å². The van der Waals surface area contributed by atoms with E-state index in [0.717, 1.165) is 25.7 Å². The molecular weight excluding hydrogens is 232 g/mol. The highest BCUT2D eigenvalue weighted by molar-refractivity contribution is 5.99. The number of aromatic nitrogens is 2. The second-order valence-corrected chi connectivity index (χ2v) is 4.79. The van der Waals surface area contributed by atoms with E-state index in [1.54, 1.807) is 11.8 Å². The number of H-pyrrole nitrogens is 1. The summed E-state index contributed by atoms with van der Waals surface area (Å²) in [6.07, 6.45) is 3.97. The SMILES string of the molecule is Cc1[nH]nc(N)c1C(=O)N1CCCCCC1CO. The van der Waals surface area contributed by atoms with Crippen LogP contribution in [0, 0.1) is 6.92 Å². The number of rotatable bonds is 2. The van der Waals surface area contributed by atoms with E-state index in [0.29, 0.717) is 17.8 Å². The van der Waals surface area contributed by atoms with E-state index >= 15 is 0 Å². The zero-order chi connectivity index (χ0) is 13.1. The average molecular weight is 252 g/mol. The first kappa shape index (κ1) is 12.9. The lowest BCUT2D eigenvalue weighted by Gasteiger charge is -2.28. The van der Waals surface area contributed by atoms with E-state index in [1.807, 2.05) is 0 Å². The molecule has 1 saturated heterocycles. The second-order valence-electron chi connectivity index (χ2n) is 4.79. The summed E-state index contributed by atoms with van der Waals surface area (Å²) in [4.78, 5) is 14.2. The van der Waals surface area contributed by atoms with Crippen molar-refractivity contribution >= 4 is 11.7 Å². The van der Waals surface area contributed by atoms with Crippen LogP contribution in [0.1, 0.15) is 41.7 Å². The van der Waals surface area contributed by atoms with Crippen LogP contribution in [0.4, 0.5) is 5.82 Å². The molecule has 2 rings (SSSR count). The molecule has 1 atom stereocenters. The third-order valence-corrected chi connectivity index (χ3v) is 3.54. The van der Waals surface area contributed by atoms with Crippen LogP contribution in [0.25, 0.3) is 0 Å². The number of nitrogen functional groups attached to an aromatic ring is 1. The lowest BCUT2D eigenvalue weighted by molar-refractivity contribution is 0.0600. The Morgan fingerprint density at radius 1 is 1.56 bits per heavy atom. The summed E-state index contributed by atoms with van der Waals surface area (Å²) >= 11 is 0. The molecule has 1 aromatic heterocycles. The van der Waals surface area contributed by atoms with Crippen LogP contribution in [0.15, 0.2) is 0 Å². The summed E-state index contributed by atoms with van der Waals surface area (Å²) in [6, 6.07) is -0.103. The molecule has 1 fully saturated rings. The van der Waals surface area contributed by atoms with Crippen LogP contribution in [-0.2, 0) is 0 Å². The summed E-state index contributed by atoms with van der Waals surface area (Å²) in [6.45, 7) is 2.46. The molecule has 2 heterocycles. The zero-order valence-corrected chi connectivity index (χ0v) is 10.6. The van der Waals surface area contributed by atoms with Crippen molar-refractivity contribution in [2.75, 3.05) is 18.9 Å². The molecule has 0 spiro atoms. The first-order valence-electron chi connectivity index (χ1n) is 6.37. The molecule has 100 valence electrons. The summed E-state index contributed by atoms with van der Waals surface area (Å²) in [7, 11) is 0. The number of likely N-dealkylation sites (tertiary alicyclic amines) is 1. The minimum Gasteiger partial charge on any atom is -0.394 e. The molecule has 4 N–H and O–H groups in total. The van der Waals surface area contributed by atoms with E-state index in [4.69, 9.17) is 5.73 Å². The van der Waals surface area contributed by atoms with E-state index < -0.39 is 0 Å². The molecule has 1 aromatic rings. The fraction of sp³-hybridized carbons (Fsp3) is 0.667. The molecule has 1 amide bonds. The molecule has 0 radical (unpaired) electrons. The summed E-state index contributed by atoms with van der Waals surface area (Å²) in [5, 5.41) is 16.0. The van der Waals surface area contributed by atoms with Crippen LogP contribution >= 0.6 is 0 Å². The van der Waals surface area contributed by atoms with Gasteiger partial charge in [-0.2, -0.15) is 5.10 Å². The number of aromatic amines is 1. The molecule has 6 heteroatoms. The van der Waals surface area contributed by atoms with Gasteiger partial charge in [0.15, 0.2) is 5.82 Å². The summed E-state index contributed by atoms with van der Waals surface area (Å²) < 4.78 is 0. The monoisotopic (exact) mass is 252 g/mol. The Hall–Kier alpha value is -1.56. The lowest BCUT2D eigenvalue weighted by Crippen LogP contribution is -2.42. The van der Waals surface area contributed by atoms with Crippen molar-refractivity contribution in [3.8, 4) is 0 Å². The van der Waals surface area contributed by atoms with E-state index in [9.17, 15) is 9.90 Å². The molecule has 0 bridgehead atoms. The minimum absolute atomic E-state index is 0.00252. The van der Waals surface area contributed by atoms with Crippen molar-refractivity contribution in [2.45, 2.75) is 38.6 Å². The van der Waals surface area contributed by atoms with Gasteiger partial charge in [-0.05, 0) is 19.8 Å². The van der Waals surface area contributed by atoms with E-state index in [2.05, 4.69) is 10.2 Å². The number of amides is 1. The Labute approximate surface area is 106 Å². The first-order valence-corrected chi connectivity index (χ1v) is 6.37. The van der Waals surface area contributed by atoms with Crippen LogP contribution in [0.2, 0.25) is 0 Å². The van der Waals surface area contributed by atoms with Crippen molar-refractivity contribution in [3.05, 3.63) is 11.3 Å². The van der Waals surface area contributed by atoms with Crippen molar-refractivity contribution in [1.82, 2.24) is 15.1 Å². The van der Waals surface area contributed by atoms with Gasteiger partial charge in [0.05, 0.1) is 12.6 Å². The second kappa shape index (κ2) is 5.39. The van der Waals surface area contributed by atoms with Crippen molar-refractivity contribution < 1.29 is 9.90 Å². The lowest BCUT2D eigenvalue weighted by atomic mass is 10.1. The minimum atomic E-state index is -0.125. The maximum atomic E-state index is 12.5. The number of carbonyl (C=O) groups is 1. The average Bonchev–Trinajstić information content (AvgIpc) is 2.57. The largest absolute Gasteiger partial charge is 0.394 e. The van der Waals surface area contributed by atoms with Crippen molar-refractivity contribution in [1.29, 1.82) is 0 Å². The molecule has 0 aliphatic carbocycles. The Morgan fingerprint density at radius 2 is 2.33 bits per heavy atom. The normalized spacial score (nSPS) is 20.8. The van der Waals surface area contributed by atoms with Crippen LogP contribution in [0.3, 0.4) is 0 Å². The van der Waals surface area contributed by atoms with Gasteiger partial charge in [0, 0.05) is 12.2 Å². The number of hydrogen-bond acceptors (Lipinski definition) is 4. The van der Waals surface area contributed by atoms with Crippen LogP contribution < -0.4 is 5.73 Å². The Balaban J connectivity index is 2.25. The number of aliphatic hydroxyl groups excluding tert-OH is 1. The predicted octanol–water partition coefficient (Wildman–Crippen LogP) is 0.677. The summed E-state index contributed by atoms with van der Waals surface area (Å²) in [5.41, 5.74) is 6.84. The van der Waals surface area contributed by atoms with Gasteiger partial charge < -0.3 is 15.7 Å². The number of hydrogen-bond donors (Lipinski definition) is 3. The number of nitrogens with two attached hydrogens (primary N) is 1. The number of carbonyl (C=O) groups excluding carboxylic acids is 1.